The molecule has 0 amide bonds. The summed E-state index contributed by atoms with van der Waals surface area (Å²) in [7, 11) is -2.05. The van der Waals surface area contributed by atoms with Crippen molar-refractivity contribution < 1.29 is 13.2 Å². The van der Waals surface area contributed by atoms with Gasteiger partial charge in [0, 0.05) is 11.1 Å². The third-order valence-electron chi connectivity index (χ3n) is 2.71. The van der Waals surface area contributed by atoms with Gasteiger partial charge in [-0.25, -0.2) is 8.42 Å². The van der Waals surface area contributed by atoms with Crippen molar-refractivity contribution >= 4 is 38.9 Å². The highest BCUT2D eigenvalue weighted by molar-refractivity contribution is 7.91. The summed E-state index contributed by atoms with van der Waals surface area (Å²) in [6.07, 6.45) is 0. The van der Waals surface area contributed by atoms with Crippen LogP contribution in [-0.4, -0.2) is 15.5 Å². The van der Waals surface area contributed by atoms with Gasteiger partial charge in [0.15, 0.2) is 0 Å². The van der Waals surface area contributed by atoms with Crippen LogP contribution in [0.15, 0.2) is 42.5 Å². The quantitative estimate of drug-likeness (QED) is 0.892. The molecule has 0 saturated heterocycles. The second-order valence-electron chi connectivity index (χ2n) is 4.33. The molecule has 0 aliphatic heterocycles. The molecule has 21 heavy (non-hydrogen) atoms. The van der Waals surface area contributed by atoms with Crippen LogP contribution in [-0.2, 0) is 15.8 Å². The first kappa shape index (κ1) is 15.9. The van der Waals surface area contributed by atoms with Crippen molar-refractivity contribution in [3.8, 4) is 5.75 Å². The molecule has 4 nitrogen and oxygen atoms in total. The van der Waals surface area contributed by atoms with E-state index in [2.05, 4.69) is 4.72 Å². The van der Waals surface area contributed by atoms with Crippen molar-refractivity contribution in [1.82, 2.24) is 0 Å². The third kappa shape index (κ3) is 4.52. The number of halogens is 2. The molecule has 112 valence electrons. The lowest BCUT2D eigenvalue weighted by Crippen LogP contribution is -2.15. The van der Waals surface area contributed by atoms with Crippen molar-refractivity contribution in [3.05, 3.63) is 58.1 Å². The normalized spacial score (nSPS) is 11.2. The Labute approximate surface area is 133 Å². The van der Waals surface area contributed by atoms with Crippen molar-refractivity contribution in [1.29, 1.82) is 0 Å². The molecule has 0 aliphatic rings. The number of methoxy groups -OCH3 is 1. The average Bonchev–Trinajstić information content (AvgIpc) is 2.43. The molecule has 0 radical (unpaired) electrons. The highest BCUT2D eigenvalue weighted by atomic mass is 35.5. The SMILES string of the molecule is COc1ccc(NS(=O)(=O)Cc2ccc(Cl)cc2)c(Cl)c1. The number of nitrogens with one attached hydrogen (secondary N) is 1. The van der Waals surface area contributed by atoms with E-state index in [1.54, 1.807) is 42.5 Å². The van der Waals surface area contributed by atoms with Gasteiger partial charge in [0.05, 0.1) is 23.6 Å². The zero-order chi connectivity index (χ0) is 15.5. The summed E-state index contributed by atoms with van der Waals surface area (Å²) in [4.78, 5) is 0. The molecule has 0 aromatic heterocycles. The van der Waals surface area contributed by atoms with E-state index in [1.807, 2.05) is 0 Å². The molecule has 2 aromatic carbocycles. The lowest BCUT2D eigenvalue weighted by atomic mass is 10.2. The molecule has 2 aromatic rings. The monoisotopic (exact) mass is 345 g/mol. The standard InChI is InChI=1S/C14H13Cl2NO3S/c1-20-12-6-7-14(13(16)8-12)17-21(18,19)9-10-2-4-11(15)5-3-10/h2-8,17H,9H2,1H3. The first-order valence-corrected chi connectivity index (χ1v) is 8.39. The molecule has 2 rings (SSSR count). The van der Waals surface area contributed by atoms with Crippen LogP contribution in [0.2, 0.25) is 10.0 Å². The molecular formula is C14H13Cl2NO3S. The van der Waals surface area contributed by atoms with Crippen LogP contribution in [0.4, 0.5) is 5.69 Å². The van der Waals surface area contributed by atoms with E-state index < -0.39 is 10.0 Å². The van der Waals surface area contributed by atoms with E-state index in [4.69, 9.17) is 27.9 Å². The summed E-state index contributed by atoms with van der Waals surface area (Å²) in [5.74, 6) is 0.396. The zero-order valence-electron chi connectivity index (χ0n) is 11.1. The summed E-state index contributed by atoms with van der Waals surface area (Å²) >= 11 is 11.8. The fourth-order valence-corrected chi connectivity index (χ4v) is 3.33. The molecule has 0 aliphatic carbocycles. The maximum atomic E-state index is 12.1. The molecule has 7 heteroatoms. The molecule has 0 unspecified atom stereocenters. The van der Waals surface area contributed by atoms with Crippen LogP contribution in [0.3, 0.4) is 0 Å². The summed E-state index contributed by atoms with van der Waals surface area (Å²) in [5, 5.41) is 0.830. The van der Waals surface area contributed by atoms with Gasteiger partial charge in [0.25, 0.3) is 0 Å². The number of ether oxygens (including phenoxy) is 1. The van der Waals surface area contributed by atoms with Crippen LogP contribution in [0.25, 0.3) is 0 Å². The number of rotatable bonds is 5. The van der Waals surface area contributed by atoms with Gasteiger partial charge in [0.1, 0.15) is 5.75 Å². The Kier molecular flexibility index (Phi) is 4.98. The van der Waals surface area contributed by atoms with Crippen LogP contribution >= 0.6 is 23.2 Å². The second kappa shape index (κ2) is 6.56. The van der Waals surface area contributed by atoms with Crippen molar-refractivity contribution in [2.45, 2.75) is 5.75 Å². The second-order valence-corrected chi connectivity index (χ2v) is 6.90. The number of anilines is 1. The van der Waals surface area contributed by atoms with Gasteiger partial charge >= 0.3 is 0 Å². The van der Waals surface area contributed by atoms with Gasteiger partial charge in [-0.15, -0.1) is 0 Å². The number of hydrogen-bond donors (Lipinski definition) is 1. The van der Waals surface area contributed by atoms with Crippen LogP contribution in [0, 0.1) is 0 Å². The molecule has 1 N–H and O–H groups in total. The van der Waals surface area contributed by atoms with Crippen molar-refractivity contribution in [3.63, 3.8) is 0 Å². The van der Waals surface area contributed by atoms with Gasteiger partial charge in [-0.05, 0) is 29.8 Å². The molecule has 0 saturated carbocycles. The van der Waals surface area contributed by atoms with E-state index in [9.17, 15) is 8.42 Å². The van der Waals surface area contributed by atoms with Crippen molar-refractivity contribution in [2.24, 2.45) is 0 Å². The summed E-state index contributed by atoms with van der Waals surface area (Å²) in [6, 6.07) is 11.3. The average molecular weight is 346 g/mol. The zero-order valence-corrected chi connectivity index (χ0v) is 13.5. The summed E-state index contributed by atoms with van der Waals surface area (Å²) in [5.41, 5.74) is 0.947. The van der Waals surface area contributed by atoms with E-state index in [0.717, 1.165) is 0 Å². The Morgan fingerprint density at radius 3 is 2.33 bits per heavy atom. The Morgan fingerprint density at radius 2 is 1.76 bits per heavy atom. The number of sulfonamides is 1. The molecule has 0 spiro atoms. The first-order chi connectivity index (χ1) is 9.89. The van der Waals surface area contributed by atoms with Gasteiger partial charge in [-0.2, -0.15) is 0 Å². The minimum Gasteiger partial charge on any atom is -0.497 e. The lowest BCUT2D eigenvalue weighted by molar-refractivity contribution is 0.415. The topological polar surface area (TPSA) is 55.4 Å². The van der Waals surface area contributed by atoms with Crippen LogP contribution in [0.5, 0.6) is 5.75 Å². The predicted molar refractivity (Wildman–Crippen MR) is 85.7 cm³/mol. The molecular weight excluding hydrogens is 333 g/mol. The van der Waals surface area contributed by atoms with E-state index in [-0.39, 0.29) is 10.8 Å². The smallest absolute Gasteiger partial charge is 0.236 e. The largest absolute Gasteiger partial charge is 0.497 e. The Balaban J connectivity index is 2.15. The van der Waals surface area contributed by atoms with E-state index in [0.29, 0.717) is 22.0 Å². The minimum absolute atomic E-state index is 0.160. The Hall–Kier alpha value is -1.43. The lowest BCUT2D eigenvalue weighted by Gasteiger charge is -2.10. The van der Waals surface area contributed by atoms with Gasteiger partial charge in [-0.1, -0.05) is 35.3 Å². The van der Waals surface area contributed by atoms with Crippen LogP contribution in [0.1, 0.15) is 5.56 Å². The van der Waals surface area contributed by atoms with Gasteiger partial charge in [-0.3, -0.25) is 4.72 Å². The number of hydrogen-bond acceptors (Lipinski definition) is 3. The third-order valence-corrected chi connectivity index (χ3v) is 4.52. The summed E-state index contributed by atoms with van der Waals surface area (Å²) < 4.78 is 31.7. The van der Waals surface area contributed by atoms with Crippen LogP contribution < -0.4 is 9.46 Å². The summed E-state index contributed by atoms with van der Waals surface area (Å²) in [6.45, 7) is 0. The maximum Gasteiger partial charge on any atom is 0.236 e. The molecule has 0 bridgehead atoms. The maximum absolute atomic E-state index is 12.1. The minimum atomic E-state index is -3.56. The fourth-order valence-electron chi connectivity index (χ4n) is 1.71. The Bertz CT molecular complexity index is 730. The van der Waals surface area contributed by atoms with E-state index in [1.165, 1.54) is 7.11 Å². The molecule has 0 fully saturated rings. The van der Waals surface area contributed by atoms with Crippen molar-refractivity contribution in [2.75, 3.05) is 11.8 Å². The molecule has 0 heterocycles. The highest BCUT2D eigenvalue weighted by Crippen LogP contribution is 2.27. The highest BCUT2D eigenvalue weighted by Gasteiger charge is 2.14. The predicted octanol–water partition coefficient (Wildman–Crippen LogP) is 3.94. The fraction of sp³-hybridized carbons (Fsp3) is 0.143. The first-order valence-electron chi connectivity index (χ1n) is 5.98. The van der Waals surface area contributed by atoms with Gasteiger partial charge < -0.3 is 4.74 Å². The van der Waals surface area contributed by atoms with Gasteiger partial charge in [0.2, 0.25) is 10.0 Å². The molecule has 0 atom stereocenters. The number of benzene rings is 2. The Morgan fingerprint density at radius 1 is 1.10 bits per heavy atom. The van der Waals surface area contributed by atoms with E-state index >= 15 is 0 Å².